The summed E-state index contributed by atoms with van der Waals surface area (Å²) < 4.78 is 41.7. The Morgan fingerprint density at radius 1 is 1.40 bits per heavy atom. The fourth-order valence-electron chi connectivity index (χ4n) is 1.18. The fraction of sp³-hybridized carbons (Fsp3) is 0.300. The quantitative estimate of drug-likeness (QED) is 0.729. The van der Waals surface area contributed by atoms with Crippen LogP contribution in [0.3, 0.4) is 0 Å². The maximum absolute atomic E-state index is 12.3. The van der Waals surface area contributed by atoms with Crippen LogP contribution in [-0.2, 0) is 17.5 Å². The van der Waals surface area contributed by atoms with E-state index in [1.54, 1.807) is 0 Å². The molecular formula is C10H9F3O2. The third-order valence-corrected chi connectivity index (χ3v) is 1.90. The first kappa shape index (κ1) is 11.7. The molecule has 0 radical (unpaired) electrons. The van der Waals surface area contributed by atoms with E-state index < -0.39 is 11.7 Å². The van der Waals surface area contributed by atoms with Crippen LogP contribution in [0.4, 0.5) is 13.2 Å². The molecule has 1 aromatic carbocycles. The Bertz CT molecular complexity index is 358. The predicted molar refractivity (Wildman–Crippen MR) is 47.5 cm³/mol. The molecule has 15 heavy (non-hydrogen) atoms. The molecule has 0 aliphatic carbocycles. The van der Waals surface area contributed by atoms with Crippen molar-refractivity contribution in [1.29, 1.82) is 0 Å². The first-order valence-electron chi connectivity index (χ1n) is 4.13. The molecule has 5 heteroatoms. The second-order valence-corrected chi connectivity index (χ2v) is 2.96. The molecule has 1 aromatic rings. The van der Waals surface area contributed by atoms with Gasteiger partial charge in [0.25, 0.3) is 0 Å². The second kappa shape index (κ2) is 4.44. The van der Waals surface area contributed by atoms with Gasteiger partial charge in [0, 0.05) is 12.7 Å². The molecule has 0 N–H and O–H groups in total. The number of carbonyl (C=O) groups is 1. The Labute approximate surface area is 84.7 Å². The van der Waals surface area contributed by atoms with Gasteiger partial charge in [-0.2, -0.15) is 13.2 Å². The van der Waals surface area contributed by atoms with Gasteiger partial charge in [-0.05, 0) is 17.7 Å². The van der Waals surface area contributed by atoms with Gasteiger partial charge >= 0.3 is 6.18 Å². The Balaban J connectivity index is 3.15. The highest BCUT2D eigenvalue weighted by molar-refractivity contribution is 5.77. The average Bonchev–Trinajstić information content (AvgIpc) is 2.17. The molecule has 0 aromatic heterocycles. The number of ether oxygens (including phenoxy) is 1. The van der Waals surface area contributed by atoms with E-state index in [1.165, 1.54) is 7.11 Å². The number of rotatable bonds is 3. The monoisotopic (exact) mass is 218 g/mol. The van der Waals surface area contributed by atoms with Crippen molar-refractivity contribution in [3.05, 3.63) is 34.9 Å². The standard InChI is InChI=1S/C10H9F3O2/c1-15-6-8-4-9(10(11,12)13)3-2-7(8)5-14/h2-5H,6H2,1H3. The zero-order valence-corrected chi connectivity index (χ0v) is 7.97. The highest BCUT2D eigenvalue weighted by Gasteiger charge is 2.30. The fourth-order valence-corrected chi connectivity index (χ4v) is 1.18. The largest absolute Gasteiger partial charge is 0.416 e. The lowest BCUT2D eigenvalue weighted by molar-refractivity contribution is -0.137. The van der Waals surface area contributed by atoms with E-state index in [-0.39, 0.29) is 17.7 Å². The summed E-state index contributed by atoms with van der Waals surface area (Å²) in [6.45, 7) is -0.0159. The van der Waals surface area contributed by atoms with Crippen LogP contribution < -0.4 is 0 Å². The van der Waals surface area contributed by atoms with Gasteiger partial charge in [-0.25, -0.2) is 0 Å². The maximum Gasteiger partial charge on any atom is 0.416 e. The first-order chi connectivity index (χ1) is 6.99. The molecule has 0 unspecified atom stereocenters. The summed E-state index contributed by atoms with van der Waals surface area (Å²) in [7, 11) is 1.36. The van der Waals surface area contributed by atoms with Gasteiger partial charge in [-0.3, -0.25) is 4.79 Å². The number of halogens is 3. The minimum Gasteiger partial charge on any atom is -0.380 e. The predicted octanol–water partition coefficient (Wildman–Crippen LogP) is 2.66. The maximum atomic E-state index is 12.3. The summed E-state index contributed by atoms with van der Waals surface area (Å²) >= 11 is 0. The normalized spacial score (nSPS) is 11.5. The number of alkyl halides is 3. The zero-order valence-electron chi connectivity index (χ0n) is 7.97. The molecule has 0 amide bonds. The summed E-state index contributed by atoms with van der Waals surface area (Å²) in [5, 5.41) is 0. The summed E-state index contributed by atoms with van der Waals surface area (Å²) in [5.41, 5.74) is -0.327. The Hall–Kier alpha value is -1.36. The van der Waals surface area contributed by atoms with Gasteiger partial charge in [-0.1, -0.05) is 6.07 Å². The van der Waals surface area contributed by atoms with Crippen LogP contribution in [0.25, 0.3) is 0 Å². The van der Waals surface area contributed by atoms with Crippen molar-refractivity contribution in [2.24, 2.45) is 0 Å². The molecule has 0 aliphatic heterocycles. The Morgan fingerprint density at radius 2 is 2.07 bits per heavy atom. The van der Waals surface area contributed by atoms with Crippen LogP contribution in [0.15, 0.2) is 18.2 Å². The molecule has 0 saturated carbocycles. The molecule has 82 valence electrons. The van der Waals surface area contributed by atoms with Crippen LogP contribution in [0, 0.1) is 0 Å². The number of aldehydes is 1. The molecular weight excluding hydrogens is 209 g/mol. The van der Waals surface area contributed by atoms with Crippen molar-refractivity contribution in [1.82, 2.24) is 0 Å². The number of hydrogen-bond acceptors (Lipinski definition) is 2. The van der Waals surface area contributed by atoms with Gasteiger partial charge in [0.15, 0.2) is 0 Å². The Morgan fingerprint density at radius 3 is 2.53 bits per heavy atom. The van der Waals surface area contributed by atoms with E-state index in [4.69, 9.17) is 4.74 Å². The lowest BCUT2D eigenvalue weighted by Gasteiger charge is -2.10. The van der Waals surface area contributed by atoms with E-state index in [0.717, 1.165) is 18.2 Å². The van der Waals surface area contributed by atoms with Gasteiger partial charge in [0.05, 0.1) is 12.2 Å². The van der Waals surface area contributed by atoms with Crippen LogP contribution in [0.2, 0.25) is 0 Å². The lowest BCUT2D eigenvalue weighted by atomic mass is 10.1. The van der Waals surface area contributed by atoms with Crippen molar-refractivity contribution in [3.63, 3.8) is 0 Å². The van der Waals surface area contributed by atoms with E-state index in [1.807, 2.05) is 0 Å². The summed E-state index contributed by atoms with van der Waals surface area (Å²) in [6, 6.07) is 2.94. The van der Waals surface area contributed by atoms with Gasteiger partial charge in [0.2, 0.25) is 0 Å². The van der Waals surface area contributed by atoms with E-state index in [0.29, 0.717) is 6.29 Å². The smallest absolute Gasteiger partial charge is 0.380 e. The Kier molecular flexibility index (Phi) is 3.47. The topological polar surface area (TPSA) is 26.3 Å². The van der Waals surface area contributed by atoms with Crippen molar-refractivity contribution in [2.45, 2.75) is 12.8 Å². The SMILES string of the molecule is COCc1cc(C(F)(F)F)ccc1C=O. The number of methoxy groups -OCH3 is 1. The van der Waals surface area contributed by atoms with E-state index >= 15 is 0 Å². The molecule has 1 rings (SSSR count). The van der Waals surface area contributed by atoms with Crippen LogP contribution >= 0.6 is 0 Å². The zero-order chi connectivity index (χ0) is 11.5. The first-order valence-corrected chi connectivity index (χ1v) is 4.13. The van der Waals surface area contributed by atoms with Crippen molar-refractivity contribution in [2.75, 3.05) is 7.11 Å². The van der Waals surface area contributed by atoms with Gasteiger partial charge in [0.1, 0.15) is 6.29 Å². The minimum absolute atomic E-state index is 0.0159. The molecule has 0 heterocycles. The third kappa shape index (κ3) is 2.79. The highest BCUT2D eigenvalue weighted by atomic mass is 19.4. The molecule has 0 atom stereocenters. The number of benzene rings is 1. The van der Waals surface area contributed by atoms with Gasteiger partial charge in [-0.15, -0.1) is 0 Å². The highest BCUT2D eigenvalue weighted by Crippen LogP contribution is 2.30. The van der Waals surface area contributed by atoms with Crippen molar-refractivity contribution < 1.29 is 22.7 Å². The minimum atomic E-state index is -4.40. The van der Waals surface area contributed by atoms with Crippen LogP contribution in [0.5, 0.6) is 0 Å². The van der Waals surface area contributed by atoms with Crippen LogP contribution in [0.1, 0.15) is 21.5 Å². The lowest BCUT2D eigenvalue weighted by Crippen LogP contribution is -2.07. The molecule has 0 saturated heterocycles. The number of hydrogen-bond donors (Lipinski definition) is 0. The van der Waals surface area contributed by atoms with Crippen molar-refractivity contribution >= 4 is 6.29 Å². The summed E-state index contributed by atoms with van der Waals surface area (Å²) in [5.74, 6) is 0. The summed E-state index contributed by atoms with van der Waals surface area (Å²) in [6.07, 6.45) is -3.89. The molecule has 0 aliphatic rings. The summed E-state index contributed by atoms with van der Waals surface area (Å²) in [4.78, 5) is 10.5. The van der Waals surface area contributed by atoms with E-state index in [2.05, 4.69) is 0 Å². The third-order valence-electron chi connectivity index (χ3n) is 1.90. The number of carbonyl (C=O) groups excluding carboxylic acids is 1. The van der Waals surface area contributed by atoms with E-state index in [9.17, 15) is 18.0 Å². The second-order valence-electron chi connectivity index (χ2n) is 2.96. The van der Waals surface area contributed by atoms with Crippen molar-refractivity contribution in [3.8, 4) is 0 Å². The molecule has 0 bridgehead atoms. The van der Waals surface area contributed by atoms with Gasteiger partial charge < -0.3 is 4.74 Å². The average molecular weight is 218 g/mol. The molecule has 0 spiro atoms. The van der Waals surface area contributed by atoms with Crippen LogP contribution in [-0.4, -0.2) is 13.4 Å². The molecule has 2 nitrogen and oxygen atoms in total. The molecule has 0 fully saturated rings.